The molecule has 0 saturated heterocycles. The molecule has 0 radical (unpaired) electrons. The number of carbonyl (C=O) groups is 1. The van der Waals surface area contributed by atoms with Gasteiger partial charge in [0.2, 0.25) is 0 Å². The minimum Gasteiger partial charge on any atom is -0.293 e. The molecule has 2 aromatic rings. The smallest absolute Gasteiger partial charge is 0.173 e. The van der Waals surface area contributed by atoms with Gasteiger partial charge in [-0.2, -0.15) is 0 Å². The normalized spacial score (nSPS) is 12.2. The molecule has 0 bridgehead atoms. The van der Waals surface area contributed by atoms with Crippen molar-refractivity contribution in [3.05, 3.63) is 63.9 Å². The molecule has 2 rings (SSSR count). The number of hydrogen-bond acceptors (Lipinski definition) is 2. The molecule has 0 saturated carbocycles. The first-order valence-electron chi connectivity index (χ1n) is 5.50. The van der Waals surface area contributed by atoms with Crippen molar-refractivity contribution in [2.75, 3.05) is 0 Å². The lowest BCUT2D eigenvalue weighted by Crippen LogP contribution is -2.11. The summed E-state index contributed by atoms with van der Waals surface area (Å²) in [5.41, 5.74) is 1.20. The van der Waals surface area contributed by atoms with Crippen LogP contribution in [0.1, 0.15) is 28.9 Å². The fourth-order valence-electron chi connectivity index (χ4n) is 1.69. The van der Waals surface area contributed by atoms with Crippen molar-refractivity contribution in [1.82, 2.24) is 4.98 Å². The van der Waals surface area contributed by atoms with Gasteiger partial charge in [0.05, 0.1) is 16.6 Å². The molecular formula is C14H11Cl2NO. The first kappa shape index (κ1) is 13.1. The van der Waals surface area contributed by atoms with E-state index in [-0.39, 0.29) is 11.7 Å². The molecule has 1 aromatic heterocycles. The van der Waals surface area contributed by atoms with Crippen LogP contribution in [0.4, 0.5) is 0 Å². The van der Waals surface area contributed by atoms with Crippen LogP contribution in [0.2, 0.25) is 10.0 Å². The number of ketones is 1. The molecule has 0 aliphatic rings. The topological polar surface area (TPSA) is 30.0 Å². The highest BCUT2D eigenvalue weighted by Crippen LogP contribution is 2.26. The molecule has 2 nitrogen and oxygen atoms in total. The van der Waals surface area contributed by atoms with E-state index < -0.39 is 0 Å². The van der Waals surface area contributed by atoms with Gasteiger partial charge in [-0.15, -0.1) is 0 Å². The fourth-order valence-corrected chi connectivity index (χ4v) is 2.19. The summed E-state index contributed by atoms with van der Waals surface area (Å²) in [7, 11) is 0. The van der Waals surface area contributed by atoms with Crippen LogP contribution >= 0.6 is 23.2 Å². The maximum Gasteiger partial charge on any atom is 0.173 e. The largest absolute Gasteiger partial charge is 0.293 e. The zero-order chi connectivity index (χ0) is 13.1. The molecule has 0 amide bonds. The molecule has 18 heavy (non-hydrogen) atoms. The third-order valence-electron chi connectivity index (χ3n) is 2.72. The predicted molar refractivity (Wildman–Crippen MR) is 73.4 cm³/mol. The Bertz CT molecular complexity index is 569. The maximum absolute atomic E-state index is 12.3. The molecule has 1 heterocycles. The molecule has 0 aliphatic heterocycles. The summed E-state index contributed by atoms with van der Waals surface area (Å²) in [6.45, 7) is 1.82. The summed E-state index contributed by atoms with van der Waals surface area (Å²) in [4.78, 5) is 16.5. The number of rotatable bonds is 3. The van der Waals surface area contributed by atoms with Gasteiger partial charge >= 0.3 is 0 Å². The Kier molecular flexibility index (Phi) is 4.00. The second-order valence-electron chi connectivity index (χ2n) is 3.96. The van der Waals surface area contributed by atoms with E-state index in [0.29, 0.717) is 15.6 Å². The number of benzene rings is 1. The summed E-state index contributed by atoms with van der Waals surface area (Å²) in [5, 5.41) is 0.886. The first-order valence-corrected chi connectivity index (χ1v) is 6.25. The van der Waals surface area contributed by atoms with E-state index >= 15 is 0 Å². The van der Waals surface area contributed by atoms with Crippen LogP contribution in [0, 0.1) is 0 Å². The predicted octanol–water partition coefficient (Wildman–Crippen LogP) is 4.37. The lowest BCUT2D eigenvalue weighted by molar-refractivity contribution is 0.0965. The van der Waals surface area contributed by atoms with Gasteiger partial charge in [0.15, 0.2) is 5.78 Å². The third-order valence-corrected chi connectivity index (χ3v) is 3.27. The molecule has 0 spiro atoms. The van der Waals surface area contributed by atoms with Crippen LogP contribution in [-0.4, -0.2) is 10.8 Å². The van der Waals surface area contributed by atoms with E-state index in [2.05, 4.69) is 4.98 Å². The Hall–Kier alpha value is -1.38. The van der Waals surface area contributed by atoms with E-state index in [1.807, 2.05) is 25.1 Å². The van der Waals surface area contributed by atoms with Crippen LogP contribution in [-0.2, 0) is 0 Å². The van der Waals surface area contributed by atoms with Gasteiger partial charge in [0.1, 0.15) is 0 Å². The number of halogens is 2. The van der Waals surface area contributed by atoms with Crippen LogP contribution in [0.25, 0.3) is 0 Å². The van der Waals surface area contributed by atoms with Crippen molar-refractivity contribution in [3.8, 4) is 0 Å². The second kappa shape index (κ2) is 5.51. The zero-order valence-corrected chi connectivity index (χ0v) is 11.2. The number of pyridine rings is 1. The molecule has 92 valence electrons. The molecule has 0 N–H and O–H groups in total. The maximum atomic E-state index is 12.3. The molecule has 1 unspecified atom stereocenters. The number of Topliss-reactive ketones (excluding diaryl/α,β-unsaturated/α-hetero) is 1. The number of nitrogens with zero attached hydrogens (tertiary/aromatic N) is 1. The van der Waals surface area contributed by atoms with Gasteiger partial charge in [0, 0.05) is 16.8 Å². The minimum atomic E-state index is -0.329. The van der Waals surface area contributed by atoms with Crippen molar-refractivity contribution < 1.29 is 4.79 Å². The van der Waals surface area contributed by atoms with Crippen molar-refractivity contribution in [1.29, 1.82) is 0 Å². The quantitative estimate of drug-likeness (QED) is 0.781. The van der Waals surface area contributed by atoms with E-state index in [4.69, 9.17) is 23.2 Å². The average molecular weight is 280 g/mol. The Morgan fingerprint density at radius 2 is 2.00 bits per heavy atom. The fraction of sp³-hybridized carbons (Fsp3) is 0.143. The van der Waals surface area contributed by atoms with Gasteiger partial charge in [-0.05, 0) is 37.3 Å². The monoisotopic (exact) mass is 279 g/mol. The van der Waals surface area contributed by atoms with Crippen molar-refractivity contribution in [3.63, 3.8) is 0 Å². The first-order chi connectivity index (χ1) is 8.59. The molecule has 0 aliphatic carbocycles. The lowest BCUT2D eigenvalue weighted by Gasteiger charge is -2.11. The van der Waals surface area contributed by atoms with Gasteiger partial charge < -0.3 is 0 Å². The highest BCUT2D eigenvalue weighted by molar-refractivity contribution is 6.37. The summed E-state index contributed by atoms with van der Waals surface area (Å²) >= 11 is 11.8. The van der Waals surface area contributed by atoms with Gasteiger partial charge in [-0.1, -0.05) is 29.3 Å². The molecule has 0 fully saturated rings. The lowest BCUT2D eigenvalue weighted by atomic mass is 9.96. The van der Waals surface area contributed by atoms with E-state index in [1.165, 1.54) is 0 Å². The number of carbonyl (C=O) groups excluding carboxylic acids is 1. The van der Waals surface area contributed by atoms with Gasteiger partial charge in [-0.3, -0.25) is 9.78 Å². The van der Waals surface area contributed by atoms with E-state index in [1.54, 1.807) is 24.4 Å². The third kappa shape index (κ3) is 2.71. The number of aromatic nitrogens is 1. The Balaban J connectivity index is 2.32. The summed E-state index contributed by atoms with van der Waals surface area (Å²) in [6, 6.07) is 10.4. The highest BCUT2D eigenvalue weighted by Gasteiger charge is 2.20. The molecule has 4 heteroatoms. The zero-order valence-electron chi connectivity index (χ0n) is 9.73. The van der Waals surface area contributed by atoms with Crippen molar-refractivity contribution in [2.45, 2.75) is 12.8 Å². The standard InChI is InChI=1S/C14H11Cl2NO/c1-9(13-4-2-3-7-17-13)14(18)11-6-5-10(15)8-12(11)16/h2-9H,1H3. The average Bonchev–Trinajstić information content (AvgIpc) is 2.38. The minimum absolute atomic E-state index is 0.0598. The highest BCUT2D eigenvalue weighted by atomic mass is 35.5. The Labute approximate surface area is 116 Å². The molecule has 1 atom stereocenters. The summed E-state index contributed by atoms with van der Waals surface area (Å²) < 4.78 is 0. The number of hydrogen-bond donors (Lipinski definition) is 0. The Morgan fingerprint density at radius 1 is 1.22 bits per heavy atom. The van der Waals surface area contributed by atoms with Crippen LogP contribution in [0.15, 0.2) is 42.6 Å². The van der Waals surface area contributed by atoms with E-state index in [0.717, 1.165) is 5.69 Å². The molecule has 1 aromatic carbocycles. The van der Waals surface area contributed by atoms with Crippen molar-refractivity contribution in [2.24, 2.45) is 0 Å². The molecular weight excluding hydrogens is 269 g/mol. The van der Waals surface area contributed by atoms with Crippen LogP contribution in [0.5, 0.6) is 0 Å². The van der Waals surface area contributed by atoms with Crippen LogP contribution < -0.4 is 0 Å². The van der Waals surface area contributed by atoms with Gasteiger partial charge in [0.25, 0.3) is 0 Å². The summed E-state index contributed by atoms with van der Waals surface area (Å²) in [5.74, 6) is -0.389. The van der Waals surface area contributed by atoms with Gasteiger partial charge in [-0.25, -0.2) is 0 Å². The summed E-state index contributed by atoms with van der Waals surface area (Å²) in [6.07, 6.45) is 1.67. The second-order valence-corrected chi connectivity index (χ2v) is 4.81. The van der Waals surface area contributed by atoms with E-state index in [9.17, 15) is 4.79 Å². The Morgan fingerprint density at radius 3 is 2.61 bits per heavy atom. The van der Waals surface area contributed by atoms with Crippen LogP contribution in [0.3, 0.4) is 0 Å². The van der Waals surface area contributed by atoms with Crippen molar-refractivity contribution >= 4 is 29.0 Å². The SMILES string of the molecule is CC(C(=O)c1ccc(Cl)cc1Cl)c1ccccn1.